The summed E-state index contributed by atoms with van der Waals surface area (Å²) in [6, 6.07) is 2.30. The molecular formula is C14H19NO2S. The second kappa shape index (κ2) is 4.67. The lowest BCUT2D eigenvalue weighted by atomic mass is 10.2. The molecule has 3 rings (SSSR count). The number of hydrogen-bond acceptors (Lipinski definition) is 3. The van der Waals surface area contributed by atoms with Crippen molar-refractivity contribution in [3.05, 3.63) is 21.4 Å². The predicted octanol–water partition coefficient (Wildman–Crippen LogP) is 2.49. The van der Waals surface area contributed by atoms with Gasteiger partial charge < -0.3 is 9.64 Å². The SMILES string of the molecule is C[C@H]1CN(C(=O)c2cc3c(s2)CCC3)[C@@H](C)CO1. The van der Waals surface area contributed by atoms with Gasteiger partial charge in [-0.3, -0.25) is 4.79 Å². The molecule has 1 amide bonds. The molecule has 0 bridgehead atoms. The first-order valence-electron chi connectivity index (χ1n) is 6.69. The molecule has 1 aromatic heterocycles. The van der Waals surface area contributed by atoms with Crippen molar-refractivity contribution in [2.75, 3.05) is 13.2 Å². The van der Waals surface area contributed by atoms with Crippen molar-refractivity contribution < 1.29 is 9.53 Å². The highest BCUT2D eigenvalue weighted by atomic mass is 32.1. The highest BCUT2D eigenvalue weighted by Gasteiger charge is 2.30. The van der Waals surface area contributed by atoms with Crippen molar-refractivity contribution in [1.82, 2.24) is 4.90 Å². The van der Waals surface area contributed by atoms with Gasteiger partial charge in [-0.25, -0.2) is 0 Å². The molecule has 98 valence electrons. The lowest BCUT2D eigenvalue weighted by Crippen LogP contribution is -2.50. The molecule has 0 aromatic carbocycles. The summed E-state index contributed by atoms with van der Waals surface area (Å²) in [5.41, 5.74) is 1.40. The van der Waals surface area contributed by atoms with E-state index < -0.39 is 0 Å². The van der Waals surface area contributed by atoms with Crippen LogP contribution in [0.2, 0.25) is 0 Å². The smallest absolute Gasteiger partial charge is 0.264 e. The number of hydrogen-bond donors (Lipinski definition) is 0. The maximum absolute atomic E-state index is 12.5. The molecule has 3 nitrogen and oxygen atoms in total. The number of nitrogens with zero attached hydrogens (tertiary/aromatic N) is 1. The number of carbonyl (C=O) groups is 1. The summed E-state index contributed by atoms with van der Waals surface area (Å²) < 4.78 is 5.58. The molecule has 2 atom stereocenters. The maximum Gasteiger partial charge on any atom is 0.264 e. The van der Waals surface area contributed by atoms with Gasteiger partial charge in [0.05, 0.1) is 23.6 Å². The number of aryl methyl sites for hydroxylation is 2. The third-order valence-corrected chi connectivity index (χ3v) is 5.05. The Morgan fingerprint density at radius 3 is 3.06 bits per heavy atom. The summed E-state index contributed by atoms with van der Waals surface area (Å²) in [6.45, 7) is 5.45. The minimum absolute atomic E-state index is 0.150. The van der Waals surface area contributed by atoms with Crippen LogP contribution < -0.4 is 0 Å². The van der Waals surface area contributed by atoms with Crippen molar-refractivity contribution in [3.63, 3.8) is 0 Å². The van der Waals surface area contributed by atoms with E-state index in [1.54, 1.807) is 11.3 Å². The number of carbonyl (C=O) groups excluding carboxylic acids is 1. The second-order valence-corrected chi connectivity index (χ2v) is 6.50. The lowest BCUT2D eigenvalue weighted by molar-refractivity contribution is -0.0385. The van der Waals surface area contributed by atoms with Crippen LogP contribution in [0.1, 0.15) is 40.4 Å². The topological polar surface area (TPSA) is 29.5 Å². The van der Waals surface area contributed by atoms with Crippen LogP contribution in [-0.2, 0) is 17.6 Å². The number of rotatable bonds is 1. The summed E-state index contributed by atoms with van der Waals surface area (Å²) >= 11 is 1.69. The molecule has 1 saturated heterocycles. The molecule has 0 N–H and O–H groups in total. The number of ether oxygens (including phenoxy) is 1. The number of morpholine rings is 1. The van der Waals surface area contributed by atoms with Crippen LogP contribution in [0.3, 0.4) is 0 Å². The van der Waals surface area contributed by atoms with E-state index in [2.05, 4.69) is 13.0 Å². The molecule has 18 heavy (non-hydrogen) atoms. The van der Waals surface area contributed by atoms with Gasteiger partial charge in [0.2, 0.25) is 0 Å². The molecule has 1 aliphatic carbocycles. The summed E-state index contributed by atoms with van der Waals surface area (Å²) in [5, 5.41) is 0. The normalized spacial score (nSPS) is 27.3. The van der Waals surface area contributed by atoms with Crippen molar-refractivity contribution >= 4 is 17.2 Å². The molecule has 1 aliphatic heterocycles. The van der Waals surface area contributed by atoms with Crippen molar-refractivity contribution in [1.29, 1.82) is 0 Å². The quantitative estimate of drug-likeness (QED) is 0.781. The summed E-state index contributed by atoms with van der Waals surface area (Å²) in [6.07, 6.45) is 3.70. The first-order chi connectivity index (χ1) is 8.65. The van der Waals surface area contributed by atoms with Gasteiger partial charge in [-0.15, -0.1) is 11.3 Å². The monoisotopic (exact) mass is 265 g/mol. The Labute approximate surface area is 112 Å². The minimum atomic E-state index is 0.150. The van der Waals surface area contributed by atoms with E-state index >= 15 is 0 Å². The predicted molar refractivity (Wildman–Crippen MR) is 72.3 cm³/mol. The molecule has 2 aliphatic rings. The van der Waals surface area contributed by atoms with E-state index in [0.29, 0.717) is 13.2 Å². The van der Waals surface area contributed by atoms with Crippen LogP contribution in [0.15, 0.2) is 6.07 Å². The van der Waals surface area contributed by atoms with Crippen molar-refractivity contribution in [2.24, 2.45) is 0 Å². The number of thiophene rings is 1. The van der Waals surface area contributed by atoms with Crippen LogP contribution in [0.5, 0.6) is 0 Å². The molecule has 0 unspecified atom stereocenters. The van der Waals surface area contributed by atoms with E-state index in [1.807, 2.05) is 11.8 Å². The third-order valence-electron chi connectivity index (χ3n) is 3.83. The largest absolute Gasteiger partial charge is 0.375 e. The average molecular weight is 265 g/mol. The van der Waals surface area contributed by atoms with Crippen LogP contribution >= 0.6 is 11.3 Å². The zero-order valence-electron chi connectivity index (χ0n) is 10.9. The molecule has 1 fully saturated rings. The Balaban J connectivity index is 1.80. The molecule has 4 heteroatoms. The van der Waals surface area contributed by atoms with Gasteiger partial charge in [0.1, 0.15) is 0 Å². The Hall–Kier alpha value is -0.870. The lowest BCUT2D eigenvalue weighted by Gasteiger charge is -2.36. The molecule has 0 spiro atoms. The van der Waals surface area contributed by atoms with Gasteiger partial charge in [0, 0.05) is 11.4 Å². The highest BCUT2D eigenvalue weighted by molar-refractivity contribution is 7.14. The summed E-state index contributed by atoms with van der Waals surface area (Å²) in [7, 11) is 0. The average Bonchev–Trinajstić information content (AvgIpc) is 2.91. The van der Waals surface area contributed by atoms with E-state index in [-0.39, 0.29) is 18.1 Å². The van der Waals surface area contributed by atoms with E-state index in [9.17, 15) is 4.79 Å². The molecule has 2 heterocycles. The van der Waals surface area contributed by atoms with Crippen molar-refractivity contribution in [3.8, 4) is 0 Å². The van der Waals surface area contributed by atoms with Gasteiger partial charge in [-0.1, -0.05) is 0 Å². The fraction of sp³-hybridized carbons (Fsp3) is 0.643. The summed E-state index contributed by atoms with van der Waals surface area (Å²) in [5.74, 6) is 0.192. The maximum atomic E-state index is 12.5. The van der Waals surface area contributed by atoms with E-state index in [4.69, 9.17) is 4.74 Å². The third kappa shape index (κ3) is 2.08. The van der Waals surface area contributed by atoms with Gasteiger partial charge in [-0.2, -0.15) is 0 Å². The second-order valence-electron chi connectivity index (χ2n) is 5.36. The highest BCUT2D eigenvalue weighted by Crippen LogP contribution is 2.31. The first kappa shape index (κ1) is 12.2. The summed E-state index contributed by atoms with van der Waals surface area (Å²) in [4.78, 5) is 16.9. The fourth-order valence-electron chi connectivity index (χ4n) is 2.76. The zero-order chi connectivity index (χ0) is 12.7. The first-order valence-corrected chi connectivity index (χ1v) is 7.51. The molecule has 0 radical (unpaired) electrons. The van der Waals surface area contributed by atoms with Crippen LogP contribution in [0.25, 0.3) is 0 Å². The minimum Gasteiger partial charge on any atom is -0.375 e. The van der Waals surface area contributed by atoms with E-state index in [1.165, 1.54) is 16.9 Å². The van der Waals surface area contributed by atoms with Gasteiger partial charge >= 0.3 is 0 Å². The molecular weight excluding hydrogens is 246 g/mol. The molecule has 0 saturated carbocycles. The van der Waals surface area contributed by atoms with Gasteiger partial charge in [0.15, 0.2) is 0 Å². The number of amides is 1. The Morgan fingerprint density at radius 2 is 2.28 bits per heavy atom. The van der Waals surface area contributed by atoms with Crippen molar-refractivity contribution in [2.45, 2.75) is 45.3 Å². The Morgan fingerprint density at radius 1 is 1.44 bits per heavy atom. The standard InChI is InChI=1S/C14H19NO2S/c1-9-8-17-10(2)7-15(9)14(16)13-6-11-4-3-5-12(11)18-13/h6,9-10H,3-5,7-8H2,1-2H3/t9-,10-/m0/s1. The van der Waals surface area contributed by atoms with Gasteiger partial charge in [-0.05, 0) is 44.7 Å². The molecule has 1 aromatic rings. The van der Waals surface area contributed by atoms with Crippen LogP contribution in [-0.4, -0.2) is 36.1 Å². The Kier molecular flexibility index (Phi) is 3.16. The van der Waals surface area contributed by atoms with Gasteiger partial charge in [0.25, 0.3) is 5.91 Å². The zero-order valence-corrected chi connectivity index (χ0v) is 11.8. The number of fused-ring (bicyclic) bond motifs is 1. The van der Waals surface area contributed by atoms with Crippen LogP contribution in [0, 0.1) is 0 Å². The van der Waals surface area contributed by atoms with E-state index in [0.717, 1.165) is 17.7 Å². The van der Waals surface area contributed by atoms with Crippen LogP contribution in [0.4, 0.5) is 0 Å². The fourth-order valence-corrected chi connectivity index (χ4v) is 3.97. The Bertz CT molecular complexity index is 447.